The van der Waals surface area contributed by atoms with Gasteiger partial charge in [0.2, 0.25) is 0 Å². The standard InChI is InChI=1S/C19H23NO/c1-2-12-20-18-14-16(13-15-8-4-3-5-9-15)21-19-11-7-6-10-17(18)19/h3-11,16,18,20H,2,12-14H2,1H3. The van der Waals surface area contributed by atoms with Crippen LogP contribution in [-0.2, 0) is 6.42 Å². The van der Waals surface area contributed by atoms with Gasteiger partial charge in [-0.25, -0.2) is 0 Å². The maximum absolute atomic E-state index is 6.21. The molecule has 3 rings (SSSR count). The summed E-state index contributed by atoms with van der Waals surface area (Å²) < 4.78 is 6.21. The number of ether oxygens (including phenoxy) is 1. The minimum atomic E-state index is 0.247. The Kier molecular flexibility index (Phi) is 4.56. The van der Waals surface area contributed by atoms with Crippen LogP contribution in [-0.4, -0.2) is 12.6 Å². The number of rotatable bonds is 5. The van der Waals surface area contributed by atoms with Gasteiger partial charge in [0.25, 0.3) is 0 Å². The van der Waals surface area contributed by atoms with Gasteiger partial charge in [-0.1, -0.05) is 55.5 Å². The Labute approximate surface area is 127 Å². The van der Waals surface area contributed by atoms with E-state index in [1.165, 1.54) is 11.1 Å². The fourth-order valence-corrected chi connectivity index (χ4v) is 3.01. The average molecular weight is 281 g/mol. The van der Waals surface area contributed by atoms with Crippen LogP contribution >= 0.6 is 0 Å². The zero-order chi connectivity index (χ0) is 14.5. The van der Waals surface area contributed by atoms with Crippen LogP contribution in [0.1, 0.15) is 36.9 Å². The Bertz CT molecular complexity index is 567. The van der Waals surface area contributed by atoms with Gasteiger partial charge in [-0.2, -0.15) is 0 Å². The summed E-state index contributed by atoms with van der Waals surface area (Å²) in [5, 5.41) is 3.66. The highest BCUT2D eigenvalue weighted by atomic mass is 16.5. The van der Waals surface area contributed by atoms with Crippen molar-refractivity contribution in [1.29, 1.82) is 0 Å². The van der Waals surface area contributed by atoms with E-state index in [1.54, 1.807) is 0 Å². The molecule has 1 aliphatic heterocycles. The summed E-state index contributed by atoms with van der Waals surface area (Å²) in [6.45, 7) is 3.26. The number of hydrogen-bond donors (Lipinski definition) is 1. The molecule has 0 radical (unpaired) electrons. The largest absolute Gasteiger partial charge is 0.490 e. The molecule has 1 aliphatic rings. The molecule has 0 amide bonds. The SMILES string of the molecule is CCCNC1CC(Cc2ccccc2)Oc2ccccc21. The third-order valence-electron chi connectivity index (χ3n) is 4.03. The normalized spacial score (nSPS) is 20.6. The number of nitrogens with one attached hydrogen (secondary N) is 1. The van der Waals surface area contributed by atoms with E-state index in [4.69, 9.17) is 4.74 Å². The molecule has 2 aromatic carbocycles. The lowest BCUT2D eigenvalue weighted by Crippen LogP contribution is -2.34. The monoisotopic (exact) mass is 281 g/mol. The first-order valence-electron chi connectivity index (χ1n) is 7.89. The molecule has 0 bridgehead atoms. The minimum absolute atomic E-state index is 0.247. The van der Waals surface area contributed by atoms with Crippen LogP contribution in [0.15, 0.2) is 54.6 Å². The maximum Gasteiger partial charge on any atom is 0.124 e. The molecule has 2 aromatic rings. The van der Waals surface area contributed by atoms with Gasteiger partial charge in [0.05, 0.1) is 0 Å². The molecule has 2 unspecified atom stereocenters. The van der Waals surface area contributed by atoms with Crippen LogP contribution in [0.4, 0.5) is 0 Å². The lowest BCUT2D eigenvalue weighted by Gasteiger charge is -2.33. The Balaban J connectivity index is 1.76. The summed E-state index contributed by atoms with van der Waals surface area (Å²) in [6.07, 6.45) is 3.41. The first-order valence-corrected chi connectivity index (χ1v) is 7.89. The lowest BCUT2D eigenvalue weighted by atomic mass is 9.93. The predicted octanol–water partition coefficient (Wildman–Crippen LogP) is 4.12. The van der Waals surface area contributed by atoms with E-state index >= 15 is 0 Å². The zero-order valence-corrected chi connectivity index (χ0v) is 12.6. The Hall–Kier alpha value is -1.80. The lowest BCUT2D eigenvalue weighted by molar-refractivity contribution is 0.150. The van der Waals surface area contributed by atoms with Crippen molar-refractivity contribution in [3.05, 3.63) is 65.7 Å². The van der Waals surface area contributed by atoms with E-state index < -0.39 is 0 Å². The molecular weight excluding hydrogens is 258 g/mol. The molecular formula is C19H23NO. The van der Waals surface area contributed by atoms with Crippen LogP contribution in [0.2, 0.25) is 0 Å². The topological polar surface area (TPSA) is 21.3 Å². The molecule has 1 N–H and O–H groups in total. The molecule has 0 aromatic heterocycles. The fraction of sp³-hybridized carbons (Fsp3) is 0.368. The number of para-hydroxylation sites is 1. The predicted molar refractivity (Wildman–Crippen MR) is 86.7 cm³/mol. The second-order valence-corrected chi connectivity index (χ2v) is 5.71. The van der Waals surface area contributed by atoms with Crippen molar-refractivity contribution >= 4 is 0 Å². The van der Waals surface area contributed by atoms with Crippen LogP contribution in [0.25, 0.3) is 0 Å². The van der Waals surface area contributed by atoms with Gasteiger partial charge in [-0.05, 0) is 24.6 Å². The molecule has 110 valence electrons. The third-order valence-corrected chi connectivity index (χ3v) is 4.03. The molecule has 21 heavy (non-hydrogen) atoms. The first-order chi connectivity index (χ1) is 10.4. The van der Waals surface area contributed by atoms with Gasteiger partial charge in [-0.3, -0.25) is 0 Å². The third kappa shape index (κ3) is 3.45. The summed E-state index contributed by atoms with van der Waals surface area (Å²) >= 11 is 0. The quantitative estimate of drug-likeness (QED) is 0.890. The van der Waals surface area contributed by atoms with E-state index in [9.17, 15) is 0 Å². The highest BCUT2D eigenvalue weighted by molar-refractivity contribution is 5.38. The smallest absolute Gasteiger partial charge is 0.124 e. The number of fused-ring (bicyclic) bond motifs is 1. The average Bonchev–Trinajstić information content (AvgIpc) is 2.53. The highest BCUT2D eigenvalue weighted by Gasteiger charge is 2.27. The van der Waals surface area contributed by atoms with Gasteiger partial charge in [0.1, 0.15) is 11.9 Å². The van der Waals surface area contributed by atoms with E-state index in [0.717, 1.165) is 31.6 Å². The number of hydrogen-bond acceptors (Lipinski definition) is 2. The molecule has 1 heterocycles. The number of benzene rings is 2. The Morgan fingerprint density at radius 3 is 2.62 bits per heavy atom. The second-order valence-electron chi connectivity index (χ2n) is 5.71. The van der Waals surface area contributed by atoms with Crippen LogP contribution in [0.3, 0.4) is 0 Å². The van der Waals surface area contributed by atoms with Crippen molar-refractivity contribution in [2.24, 2.45) is 0 Å². The molecule has 2 atom stereocenters. The highest BCUT2D eigenvalue weighted by Crippen LogP contribution is 2.35. The molecule has 2 nitrogen and oxygen atoms in total. The van der Waals surface area contributed by atoms with E-state index in [-0.39, 0.29) is 6.10 Å². The maximum atomic E-state index is 6.21. The van der Waals surface area contributed by atoms with Crippen molar-refractivity contribution in [3.8, 4) is 5.75 Å². The molecule has 0 aliphatic carbocycles. The fourth-order valence-electron chi connectivity index (χ4n) is 3.01. The summed E-state index contributed by atoms with van der Waals surface area (Å²) in [6, 6.07) is 19.4. The van der Waals surface area contributed by atoms with E-state index in [1.807, 2.05) is 0 Å². The van der Waals surface area contributed by atoms with Gasteiger partial charge in [-0.15, -0.1) is 0 Å². The van der Waals surface area contributed by atoms with Crippen LogP contribution < -0.4 is 10.1 Å². The second kappa shape index (κ2) is 6.77. The summed E-state index contributed by atoms with van der Waals surface area (Å²) in [5.41, 5.74) is 2.64. The zero-order valence-electron chi connectivity index (χ0n) is 12.6. The van der Waals surface area contributed by atoms with Crippen LogP contribution in [0.5, 0.6) is 5.75 Å². The summed E-state index contributed by atoms with van der Waals surface area (Å²) in [4.78, 5) is 0. The van der Waals surface area contributed by atoms with Gasteiger partial charge >= 0.3 is 0 Å². The minimum Gasteiger partial charge on any atom is -0.490 e. The van der Waals surface area contributed by atoms with Gasteiger partial charge in [0, 0.05) is 24.4 Å². The molecule has 0 spiro atoms. The summed E-state index contributed by atoms with van der Waals surface area (Å²) in [5.74, 6) is 1.04. The van der Waals surface area contributed by atoms with Gasteiger partial charge in [0.15, 0.2) is 0 Å². The summed E-state index contributed by atoms with van der Waals surface area (Å²) in [7, 11) is 0. The van der Waals surface area contributed by atoms with Crippen molar-refractivity contribution in [3.63, 3.8) is 0 Å². The van der Waals surface area contributed by atoms with Crippen molar-refractivity contribution in [2.45, 2.75) is 38.3 Å². The Morgan fingerprint density at radius 1 is 1.05 bits per heavy atom. The molecule has 0 fully saturated rings. The first kappa shape index (κ1) is 14.2. The van der Waals surface area contributed by atoms with E-state index in [0.29, 0.717) is 6.04 Å². The van der Waals surface area contributed by atoms with Crippen molar-refractivity contribution < 1.29 is 4.74 Å². The molecule has 0 saturated heterocycles. The van der Waals surface area contributed by atoms with E-state index in [2.05, 4.69) is 66.8 Å². The Morgan fingerprint density at radius 2 is 1.81 bits per heavy atom. The molecule has 2 heteroatoms. The van der Waals surface area contributed by atoms with Crippen molar-refractivity contribution in [1.82, 2.24) is 5.32 Å². The molecule has 0 saturated carbocycles. The van der Waals surface area contributed by atoms with Gasteiger partial charge < -0.3 is 10.1 Å². The van der Waals surface area contributed by atoms with Crippen molar-refractivity contribution in [2.75, 3.05) is 6.54 Å². The van der Waals surface area contributed by atoms with Crippen LogP contribution in [0, 0.1) is 0 Å².